The van der Waals surface area contributed by atoms with Gasteiger partial charge in [0.15, 0.2) is 0 Å². The average Bonchev–Trinajstić information content (AvgIpc) is 2.73. The Morgan fingerprint density at radius 2 is 1.70 bits per heavy atom. The van der Waals surface area contributed by atoms with E-state index in [0.29, 0.717) is 35.8 Å². The Balaban J connectivity index is 1.65. The van der Waals surface area contributed by atoms with Gasteiger partial charge in [-0.3, -0.25) is 4.79 Å². The number of rotatable bonds is 6. The number of piperidine rings is 1. The van der Waals surface area contributed by atoms with Crippen LogP contribution in [0.4, 0.5) is 0 Å². The molecule has 0 aliphatic carbocycles. The third-order valence-electron chi connectivity index (χ3n) is 4.68. The molecule has 0 bridgehead atoms. The summed E-state index contributed by atoms with van der Waals surface area (Å²) in [5.74, 6) is 0.274. The van der Waals surface area contributed by atoms with Gasteiger partial charge in [-0.2, -0.15) is 4.31 Å². The van der Waals surface area contributed by atoms with Gasteiger partial charge in [0.2, 0.25) is 10.0 Å². The summed E-state index contributed by atoms with van der Waals surface area (Å²) < 4.78 is 32.1. The van der Waals surface area contributed by atoms with E-state index >= 15 is 0 Å². The molecule has 0 spiro atoms. The molecule has 3 rings (SSSR count). The fourth-order valence-corrected chi connectivity index (χ4v) is 4.66. The molecule has 144 valence electrons. The number of nitrogens with zero attached hydrogens (tertiary/aromatic N) is 1. The van der Waals surface area contributed by atoms with Gasteiger partial charge in [-0.15, -0.1) is 0 Å². The van der Waals surface area contributed by atoms with Crippen molar-refractivity contribution in [1.29, 1.82) is 0 Å². The highest BCUT2D eigenvalue weighted by Crippen LogP contribution is 2.21. The predicted molar refractivity (Wildman–Crippen MR) is 103 cm³/mol. The molecule has 0 unspecified atom stereocenters. The number of ether oxygens (including phenoxy) is 1. The summed E-state index contributed by atoms with van der Waals surface area (Å²) >= 11 is 0. The monoisotopic (exact) mass is 388 g/mol. The van der Waals surface area contributed by atoms with Gasteiger partial charge in [-0.25, -0.2) is 8.42 Å². The highest BCUT2D eigenvalue weighted by molar-refractivity contribution is 7.89. The van der Waals surface area contributed by atoms with Crippen LogP contribution in [0.25, 0.3) is 0 Å². The number of carbonyl (C=O) groups is 1. The van der Waals surface area contributed by atoms with E-state index in [2.05, 4.69) is 5.32 Å². The SMILES string of the molecule is COc1ccccc1C(=O)NCc1ccc(S(=O)(=O)N2CCCCC2)cc1. The number of nitrogens with one attached hydrogen (secondary N) is 1. The first kappa shape index (κ1) is 19.4. The fourth-order valence-electron chi connectivity index (χ4n) is 3.14. The molecular weight excluding hydrogens is 364 g/mol. The topological polar surface area (TPSA) is 75.7 Å². The molecule has 1 saturated heterocycles. The number of methoxy groups -OCH3 is 1. The summed E-state index contributed by atoms with van der Waals surface area (Å²) in [4.78, 5) is 12.6. The van der Waals surface area contributed by atoms with E-state index in [4.69, 9.17) is 4.74 Å². The van der Waals surface area contributed by atoms with Gasteiger partial charge < -0.3 is 10.1 Å². The fraction of sp³-hybridized carbons (Fsp3) is 0.350. The van der Waals surface area contributed by atoms with Crippen LogP contribution in [0.3, 0.4) is 0 Å². The Morgan fingerprint density at radius 1 is 1.04 bits per heavy atom. The summed E-state index contributed by atoms with van der Waals surface area (Å²) in [5.41, 5.74) is 1.29. The molecule has 1 aliphatic rings. The molecule has 6 nitrogen and oxygen atoms in total. The van der Waals surface area contributed by atoms with Crippen molar-refractivity contribution in [1.82, 2.24) is 9.62 Å². The van der Waals surface area contributed by atoms with Crippen LogP contribution in [0, 0.1) is 0 Å². The maximum absolute atomic E-state index is 12.7. The van der Waals surface area contributed by atoms with E-state index in [9.17, 15) is 13.2 Å². The van der Waals surface area contributed by atoms with Gasteiger partial charge in [-0.05, 0) is 42.7 Å². The highest BCUT2D eigenvalue weighted by atomic mass is 32.2. The van der Waals surface area contributed by atoms with Crippen LogP contribution >= 0.6 is 0 Å². The van der Waals surface area contributed by atoms with Gasteiger partial charge >= 0.3 is 0 Å². The lowest BCUT2D eigenvalue weighted by Crippen LogP contribution is -2.35. The van der Waals surface area contributed by atoms with Gasteiger partial charge in [0.1, 0.15) is 5.75 Å². The molecule has 1 heterocycles. The highest BCUT2D eigenvalue weighted by Gasteiger charge is 2.25. The summed E-state index contributed by atoms with van der Waals surface area (Å²) in [6.07, 6.45) is 2.90. The molecule has 1 N–H and O–H groups in total. The maximum atomic E-state index is 12.7. The van der Waals surface area contributed by atoms with Crippen LogP contribution in [-0.4, -0.2) is 38.8 Å². The normalized spacial score (nSPS) is 15.3. The zero-order chi connectivity index (χ0) is 19.3. The second kappa shape index (κ2) is 8.54. The van der Waals surface area contributed by atoms with E-state index in [1.54, 1.807) is 52.8 Å². The minimum Gasteiger partial charge on any atom is -0.496 e. The number of hydrogen-bond acceptors (Lipinski definition) is 4. The van der Waals surface area contributed by atoms with Gasteiger partial charge in [0.05, 0.1) is 17.6 Å². The van der Waals surface area contributed by atoms with E-state index in [-0.39, 0.29) is 5.91 Å². The molecule has 1 amide bonds. The van der Waals surface area contributed by atoms with Crippen molar-refractivity contribution in [2.24, 2.45) is 0 Å². The predicted octanol–water partition coefficient (Wildman–Crippen LogP) is 2.80. The molecule has 1 fully saturated rings. The summed E-state index contributed by atoms with van der Waals surface area (Å²) in [6.45, 7) is 1.47. The zero-order valence-corrected chi connectivity index (χ0v) is 16.2. The largest absolute Gasteiger partial charge is 0.496 e. The van der Waals surface area contributed by atoms with Crippen molar-refractivity contribution in [3.05, 3.63) is 59.7 Å². The van der Waals surface area contributed by atoms with Gasteiger partial charge in [0.25, 0.3) is 5.91 Å². The van der Waals surface area contributed by atoms with Crippen LogP contribution in [0.2, 0.25) is 0 Å². The van der Waals surface area contributed by atoms with E-state index < -0.39 is 10.0 Å². The Morgan fingerprint density at radius 3 is 2.37 bits per heavy atom. The standard InChI is InChI=1S/C20H24N2O4S/c1-26-19-8-4-3-7-18(19)20(23)21-15-16-9-11-17(12-10-16)27(24,25)22-13-5-2-6-14-22/h3-4,7-12H,2,5-6,13-15H2,1H3,(H,21,23). The summed E-state index contributed by atoms with van der Waals surface area (Å²) in [5, 5.41) is 2.83. The first-order chi connectivity index (χ1) is 13.0. The lowest BCUT2D eigenvalue weighted by molar-refractivity contribution is 0.0948. The number of sulfonamides is 1. The molecule has 1 aliphatic heterocycles. The van der Waals surface area contributed by atoms with Gasteiger partial charge in [0, 0.05) is 19.6 Å². The van der Waals surface area contributed by atoms with Crippen molar-refractivity contribution in [3.8, 4) is 5.75 Å². The molecule has 0 atom stereocenters. The lowest BCUT2D eigenvalue weighted by Gasteiger charge is -2.25. The van der Waals surface area contributed by atoms with Gasteiger partial charge in [-0.1, -0.05) is 30.7 Å². The van der Waals surface area contributed by atoms with Crippen LogP contribution in [0.15, 0.2) is 53.4 Å². The molecule has 2 aromatic rings. The van der Waals surface area contributed by atoms with Crippen molar-refractivity contribution < 1.29 is 17.9 Å². The van der Waals surface area contributed by atoms with E-state index in [1.165, 1.54) is 7.11 Å². The Labute approximate surface area is 160 Å². The number of hydrogen-bond donors (Lipinski definition) is 1. The quantitative estimate of drug-likeness (QED) is 0.826. The van der Waals surface area contributed by atoms with Crippen molar-refractivity contribution in [3.63, 3.8) is 0 Å². The van der Waals surface area contributed by atoms with E-state index in [0.717, 1.165) is 24.8 Å². The molecule has 0 aromatic heterocycles. The number of carbonyl (C=O) groups excluding carboxylic acids is 1. The maximum Gasteiger partial charge on any atom is 0.255 e. The van der Waals surface area contributed by atoms with Crippen LogP contribution < -0.4 is 10.1 Å². The second-order valence-electron chi connectivity index (χ2n) is 6.49. The zero-order valence-electron chi connectivity index (χ0n) is 15.3. The molecule has 27 heavy (non-hydrogen) atoms. The van der Waals surface area contributed by atoms with Crippen molar-refractivity contribution >= 4 is 15.9 Å². The summed E-state index contributed by atoms with van der Waals surface area (Å²) in [7, 11) is -1.91. The Kier molecular flexibility index (Phi) is 6.13. The number of benzene rings is 2. The molecule has 0 saturated carbocycles. The molecule has 2 aromatic carbocycles. The van der Waals surface area contributed by atoms with Crippen LogP contribution in [-0.2, 0) is 16.6 Å². The second-order valence-corrected chi connectivity index (χ2v) is 8.43. The van der Waals surface area contributed by atoms with Crippen molar-refractivity contribution in [2.45, 2.75) is 30.7 Å². The van der Waals surface area contributed by atoms with Crippen LogP contribution in [0.5, 0.6) is 5.75 Å². The van der Waals surface area contributed by atoms with E-state index in [1.807, 2.05) is 0 Å². The summed E-state index contributed by atoms with van der Waals surface area (Å²) in [6, 6.07) is 13.7. The number of amides is 1. The third-order valence-corrected chi connectivity index (χ3v) is 6.59. The van der Waals surface area contributed by atoms with Crippen LogP contribution in [0.1, 0.15) is 35.2 Å². The minimum absolute atomic E-state index is 0.238. The van der Waals surface area contributed by atoms with Crippen molar-refractivity contribution in [2.75, 3.05) is 20.2 Å². The first-order valence-electron chi connectivity index (χ1n) is 9.02. The Hall–Kier alpha value is -2.38. The smallest absolute Gasteiger partial charge is 0.255 e. The molecule has 7 heteroatoms. The lowest BCUT2D eigenvalue weighted by atomic mass is 10.1. The third kappa shape index (κ3) is 4.48. The molecule has 0 radical (unpaired) electrons. The average molecular weight is 388 g/mol. The number of para-hydroxylation sites is 1. The first-order valence-corrected chi connectivity index (χ1v) is 10.5. The minimum atomic E-state index is -3.43. The Bertz CT molecular complexity index is 888. The molecular formula is C20H24N2O4S.